The van der Waals surface area contributed by atoms with Crippen LogP contribution in [0.2, 0.25) is 5.02 Å². The zero-order valence-electron chi connectivity index (χ0n) is 16.8. The van der Waals surface area contributed by atoms with Crippen molar-refractivity contribution in [3.8, 4) is 11.5 Å². The van der Waals surface area contributed by atoms with Crippen LogP contribution in [0.5, 0.6) is 11.5 Å². The fourth-order valence-corrected chi connectivity index (χ4v) is 3.72. The van der Waals surface area contributed by atoms with Crippen LogP contribution in [-0.4, -0.2) is 23.6 Å². The molecule has 1 aliphatic rings. The van der Waals surface area contributed by atoms with Crippen molar-refractivity contribution < 1.29 is 24.0 Å². The Balaban J connectivity index is 1.61. The minimum atomic E-state index is -0.483. The molecule has 1 aliphatic carbocycles. The Labute approximate surface area is 188 Å². The topological polar surface area (TPSA) is 95.7 Å². The molecule has 4 rings (SSSR count). The van der Waals surface area contributed by atoms with Gasteiger partial charge in [0.25, 0.3) is 5.69 Å². The number of rotatable bonds is 6. The van der Waals surface area contributed by atoms with Gasteiger partial charge < -0.3 is 9.47 Å². The van der Waals surface area contributed by atoms with E-state index in [0.717, 1.165) is 0 Å². The number of non-ortho nitro benzene ring substituents is 1. The largest absolute Gasteiger partial charge is 0.493 e. The van der Waals surface area contributed by atoms with Crippen molar-refractivity contribution in [3.05, 3.63) is 104 Å². The first-order valence-corrected chi connectivity index (χ1v) is 9.90. The van der Waals surface area contributed by atoms with Crippen LogP contribution in [0.4, 0.5) is 5.69 Å². The molecule has 0 N–H and O–H groups in total. The summed E-state index contributed by atoms with van der Waals surface area (Å²) in [5, 5.41) is 11.2. The summed E-state index contributed by atoms with van der Waals surface area (Å²) in [6, 6.07) is 15.9. The average molecular weight is 450 g/mol. The van der Waals surface area contributed by atoms with Gasteiger partial charge in [-0.3, -0.25) is 19.7 Å². The van der Waals surface area contributed by atoms with Gasteiger partial charge in [-0.05, 0) is 29.3 Å². The van der Waals surface area contributed by atoms with Crippen LogP contribution < -0.4 is 9.47 Å². The van der Waals surface area contributed by atoms with Crippen molar-refractivity contribution in [1.82, 2.24) is 0 Å². The van der Waals surface area contributed by atoms with E-state index in [2.05, 4.69) is 0 Å². The third kappa shape index (κ3) is 3.98. The number of hydrogen-bond donors (Lipinski definition) is 0. The Bertz CT molecular complexity index is 1260. The van der Waals surface area contributed by atoms with E-state index in [4.69, 9.17) is 21.1 Å². The highest BCUT2D eigenvalue weighted by Crippen LogP contribution is 2.38. The Morgan fingerprint density at radius 3 is 2.31 bits per heavy atom. The average Bonchev–Trinajstić information content (AvgIpc) is 3.03. The minimum Gasteiger partial charge on any atom is -0.493 e. The second-order valence-corrected chi connectivity index (χ2v) is 7.42. The van der Waals surface area contributed by atoms with Crippen molar-refractivity contribution >= 4 is 34.9 Å². The van der Waals surface area contributed by atoms with Gasteiger partial charge in [-0.2, -0.15) is 0 Å². The summed E-state index contributed by atoms with van der Waals surface area (Å²) in [4.78, 5) is 35.7. The van der Waals surface area contributed by atoms with Gasteiger partial charge in [0.15, 0.2) is 23.1 Å². The molecule has 0 fully saturated rings. The predicted octanol–water partition coefficient (Wildman–Crippen LogP) is 5.30. The first-order chi connectivity index (χ1) is 15.4. The van der Waals surface area contributed by atoms with E-state index in [1.54, 1.807) is 48.5 Å². The molecule has 0 radical (unpaired) electrons. The lowest BCUT2D eigenvalue weighted by Gasteiger charge is -2.13. The summed E-state index contributed by atoms with van der Waals surface area (Å²) >= 11 is 6.40. The van der Waals surface area contributed by atoms with Gasteiger partial charge in [0.1, 0.15) is 6.61 Å². The normalized spacial score (nSPS) is 12.5. The van der Waals surface area contributed by atoms with Gasteiger partial charge in [0.05, 0.1) is 22.6 Å². The number of benzene rings is 3. The first kappa shape index (κ1) is 21.3. The van der Waals surface area contributed by atoms with Crippen molar-refractivity contribution in [2.75, 3.05) is 7.11 Å². The summed E-state index contributed by atoms with van der Waals surface area (Å²) in [5.74, 6) is -0.140. The molecular formula is C24H16ClNO6. The molecule has 3 aromatic rings. The van der Waals surface area contributed by atoms with Crippen LogP contribution in [0, 0.1) is 10.1 Å². The van der Waals surface area contributed by atoms with Crippen LogP contribution >= 0.6 is 11.6 Å². The molecule has 8 heteroatoms. The van der Waals surface area contributed by atoms with E-state index in [1.807, 2.05) is 0 Å². The molecule has 32 heavy (non-hydrogen) atoms. The monoisotopic (exact) mass is 449 g/mol. The van der Waals surface area contributed by atoms with Gasteiger partial charge in [-0.15, -0.1) is 0 Å². The predicted molar refractivity (Wildman–Crippen MR) is 119 cm³/mol. The van der Waals surface area contributed by atoms with E-state index in [-0.39, 0.29) is 40.2 Å². The summed E-state index contributed by atoms with van der Waals surface area (Å²) in [6.07, 6.45) is 1.48. The van der Waals surface area contributed by atoms with Crippen molar-refractivity contribution in [2.45, 2.75) is 6.61 Å². The maximum Gasteiger partial charge on any atom is 0.269 e. The molecule has 3 aromatic carbocycles. The maximum atomic E-state index is 12.6. The van der Waals surface area contributed by atoms with Crippen LogP contribution in [0.1, 0.15) is 31.8 Å². The van der Waals surface area contributed by atoms with Crippen molar-refractivity contribution in [1.29, 1.82) is 0 Å². The number of allylic oxidation sites excluding steroid dienone is 1. The lowest BCUT2D eigenvalue weighted by molar-refractivity contribution is -0.384. The number of carbonyl (C=O) groups excluding carboxylic acids is 2. The number of ketones is 2. The summed E-state index contributed by atoms with van der Waals surface area (Å²) in [5.41, 5.74) is 1.84. The zero-order chi connectivity index (χ0) is 22.8. The lowest BCUT2D eigenvalue weighted by Crippen LogP contribution is -2.01. The van der Waals surface area contributed by atoms with Gasteiger partial charge in [0.2, 0.25) is 0 Å². The van der Waals surface area contributed by atoms with Gasteiger partial charge in [0, 0.05) is 23.3 Å². The molecule has 7 nitrogen and oxygen atoms in total. The summed E-state index contributed by atoms with van der Waals surface area (Å²) in [6.45, 7) is 0.0322. The number of Topliss-reactive ketones (excluding diaryl/α,β-unsaturated/α-hetero) is 2. The number of methoxy groups -OCH3 is 1. The highest BCUT2D eigenvalue weighted by atomic mass is 35.5. The quantitative estimate of drug-likeness (QED) is 0.219. The third-order valence-corrected chi connectivity index (χ3v) is 5.25. The highest BCUT2D eigenvalue weighted by molar-refractivity contribution is 6.41. The maximum absolute atomic E-state index is 12.6. The van der Waals surface area contributed by atoms with Crippen LogP contribution in [0.15, 0.2) is 66.2 Å². The molecule has 0 saturated heterocycles. The molecule has 0 heterocycles. The number of ether oxygens (including phenoxy) is 2. The van der Waals surface area contributed by atoms with Crippen LogP contribution in [0.25, 0.3) is 6.08 Å². The van der Waals surface area contributed by atoms with Crippen LogP contribution in [0.3, 0.4) is 0 Å². The number of halogens is 1. The smallest absolute Gasteiger partial charge is 0.269 e. The van der Waals surface area contributed by atoms with Crippen molar-refractivity contribution in [3.63, 3.8) is 0 Å². The summed E-state index contributed by atoms with van der Waals surface area (Å²) in [7, 11) is 1.44. The highest BCUT2D eigenvalue weighted by Gasteiger charge is 2.32. The van der Waals surface area contributed by atoms with Gasteiger partial charge in [-0.25, -0.2) is 0 Å². The fourth-order valence-electron chi connectivity index (χ4n) is 3.45. The molecule has 0 aromatic heterocycles. The number of nitrogens with zero attached hydrogens (tertiary/aromatic N) is 1. The lowest BCUT2D eigenvalue weighted by atomic mass is 10.1. The Hall–Kier alpha value is -3.97. The molecule has 0 atom stereocenters. The Morgan fingerprint density at radius 2 is 1.69 bits per heavy atom. The molecule has 0 saturated carbocycles. The first-order valence-electron chi connectivity index (χ1n) is 9.53. The number of fused-ring (bicyclic) bond motifs is 1. The second-order valence-electron chi connectivity index (χ2n) is 7.01. The van der Waals surface area contributed by atoms with E-state index >= 15 is 0 Å². The number of nitro benzene ring substituents is 1. The minimum absolute atomic E-state index is 0.0322. The number of nitro groups is 1. The second kappa shape index (κ2) is 8.64. The third-order valence-electron chi connectivity index (χ3n) is 4.97. The SMILES string of the molecule is COc1cc(C=C2C(=O)c3ccccc3C2=O)cc(Cl)c1OCc1cccc([N+](=O)[O-])c1. The van der Waals surface area contributed by atoms with E-state index < -0.39 is 4.92 Å². The van der Waals surface area contributed by atoms with Crippen LogP contribution in [-0.2, 0) is 6.61 Å². The van der Waals surface area contributed by atoms with E-state index in [0.29, 0.717) is 28.0 Å². The summed E-state index contributed by atoms with van der Waals surface area (Å²) < 4.78 is 11.1. The molecular weight excluding hydrogens is 434 g/mol. The van der Waals surface area contributed by atoms with Gasteiger partial charge in [-0.1, -0.05) is 48.0 Å². The Kier molecular flexibility index (Phi) is 5.75. The zero-order valence-corrected chi connectivity index (χ0v) is 17.6. The van der Waals surface area contributed by atoms with Gasteiger partial charge >= 0.3 is 0 Å². The molecule has 0 spiro atoms. The fraction of sp³-hybridized carbons (Fsp3) is 0.0833. The van der Waals surface area contributed by atoms with E-state index in [1.165, 1.54) is 25.3 Å². The van der Waals surface area contributed by atoms with E-state index in [9.17, 15) is 19.7 Å². The molecule has 0 aliphatic heterocycles. The van der Waals surface area contributed by atoms with Crippen molar-refractivity contribution in [2.24, 2.45) is 0 Å². The number of carbonyl (C=O) groups is 2. The molecule has 0 bridgehead atoms. The number of hydrogen-bond acceptors (Lipinski definition) is 6. The molecule has 160 valence electrons. The molecule has 0 amide bonds. The molecule has 0 unspecified atom stereocenters. The Morgan fingerprint density at radius 1 is 1.00 bits per heavy atom. The standard InChI is InChI=1S/C24H16ClNO6/c1-31-21-12-15(10-19-22(27)17-7-2-3-8-18(17)23(19)28)11-20(25)24(21)32-13-14-5-4-6-16(9-14)26(29)30/h2-12H,13H2,1H3.